The van der Waals surface area contributed by atoms with Gasteiger partial charge in [-0.15, -0.1) is 0 Å². The first kappa shape index (κ1) is 19.0. The van der Waals surface area contributed by atoms with Crippen LogP contribution in [0.5, 0.6) is 0 Å². The first-order valence-corrected chi connectivity index (χ1v) is 10.6. The van der Waals surface area contributed by atoms with Crippen molar-refractivity contribution in [2.24, 2.45) is 10.9 Å². The zero-order chi connectivity index (χ0) is 19.2. The molecule has 2 N–H and O–H groups in total. The van der Waals surface area contributed by atoms with E-state index in [4.69, 9.17) is 4.99 Å². The number of likely N-dealkylation sites (tertiary alicyclic amines) is 1. The first-order valence-electron chi connectivity index (χ1n) is 10.6. The average Bonchev–Trinajstić information content (AvgIpc) is 3.23. The van der Waals surface area contributed by atoms with Gasteiger partial charge in [-0.3, -0.25) is 4.68 Å². The standard InChI is InChI=1S/C22H32N6/c1-2-23-22(24-14-18-10-13-27(16-18)21-8-9-21)25-15-19-6-3-4-7-20(19)17-28-12-5-11-26-28/h3-7,11-12,18,21H,2,8-10,13-17H2,1H3,(H2,23,24,25). The Hall–Kier alpha value is -2.34. The molecule has 2 aliphatic rings. The molecule has 1 atom stereocenters. The highest BCUT2D eigenvalue weighted by molar-refractivity contribution is 5.79. The summed E-state index contributed by atoms with van der Waals surface area (Å²) >= 11 is 0. The van der Waals surface area contributed by atoms with Crippen LogP contribution in [-0.2, 0) is 13.1 Å². The van der Waals surface area contributed by atoms with Crippen LogP contribution in [0.25, 0.3) is 0 Å². The van der Waals surface area contributed by atoms with Crippen LogP contribution in [-0.4, -0.2) is 52.9 Å². The third-order valence-electron chi connectivity index (χ3n) is 5.70. The van der Waals surface area contributed by atoms with E-state index in [1.165, 1.54) is 43.5 Å². The summed E-state index contributed by atoms with van der Waals surface area (Å²) in [5.41, 5.74) is 2.51. The number of benzene rings is 1. The van der Waals surface area contributed by atoms with Crippen molar-refractivity contribution < 1.29 is 0 Å². The molecule has 1 saturated carbocycles. The minimum atomic E-state index is 0.672. The van der Waals surface area contributed by atoms with E-state index >= 15 is 0 Å². The van der Waals surface area contributed by atoms with E-state index in [-0.39, 0.29) is 0 Å². The third kappa shape index (κ3) is 5.13. The van der Waals surface area contributed by atoms with Crippen molar-refractivity contribution in [3.63, 3.8) is 0 Å². The maximum atomic E-state index is 4.85. The molecular formula is C22H32N6. The number of aliphatic imine (C=N–C) groups is 1. The molecule has 2 heterocycles. The Morgan fingerprint density at radius 1 is 1.14 bits per heavy atom. The van der Waals surface area contributed by atoms with Crippen LogP contribution in [0.15, 0.2) is 47.7 Å². The number of aromatic nitrogens is 2. The van der Waals surface area contributed by atoms with Crippen LogP contribution in [0, 0.1) is 5.92 Å². The van der Waals surface area contributed by atoms with Gasteiger partial charge in [0.05, 0.1) is 13.1 Å². The summed E-state index contributed by atoms with van der Waals surface area (Å²) in [6.45, 7) is 7.96. The summed E-state index contributed by atoms with van der Waals surface area (Å²) in [5.74, 6) is 1.65. The number of hydrogen-bond donors (Lipinski definition) is 2. The second kappa shape index (κ2) is 9.24. The normalized spacial score (nSPS) is 20.5. The molecule has 2 aromatic rings. The predicted octanol–water partition coefficient (Wildman–Crippen LogP) is 2.47. The zero-order valence-corrected chi connectivity index (χ0v) is 16.8. The lowest BCUT2D eigenvalue weighted by atomic mass is 10.1. The van der Waals surface area contributed by atoms with Gasteiger partial charge in [-0.1, -0.05) is 24.3 Å². The van der Waals surface area contributed by atoms with E-state index in [1.807, 2.05) is 23.1 Å². The maximum Gasteiger partial charge on any atom is 0.191 e. The summed E-state index contributed by atoms with van der Waals surface area (Å²) in [6.07, 6.45) is 7.93. The molecular weight excluding hydrogens is 348 g/mol. The van der Waals surface area contributed by atoms with Gasteiger partial charge in [0.2, 0.25) is 0 Å². The van der Waals surface area contributed by atoms with Crippen LogP contribution in [0.3, 0.4) is 0 Å². The highest BCUT2D eigenvalue weighted by Crippen LogP contribution is 2.31. The molecule has 150 valence electrons. The number of rotatable bonds is 8. The third-order valence-corrected chi connectivity index (χ3v) is 5.70. The lowest BCUT2D eigenvalue weighted by Crippen LogP contribution is -2.40. The molecule has 1 aliphatic carbocycles. The Kier molecular flexibility index (Phi) is 6.27. The van der Waals surface area contributed by atoms with Gasteiger partial charge >= 0.3 is 0 Å². The van der Waals surface area contributed by atoms with E-state index in [0.29, 0.717) is 6.54 Å². The van der Waals surface area contributed by atoms with E-state index in [1.54, 1.807) is 0 Å². The SMILES string of the molecule is CCNC(=NCc1ccccc1Cn1cccn1)NCC1CCN(C2CC2)C1. The van der Waals surface area contributed by atoms with Gasteiger partial charge in [0, 0.05) is 38.1 Å². The van der Waals surface area contributed by atoms with Crippen molar-refractivity contribution in [2.75, 3.05) is 26.2 Å². The van der Waals surface area contributed by atoms with Crippen molar-refractivity contribution in [1.82, 2.24) is 25.3 Å². The van der Waals surface area contributed by atoms with Crippen LogP contribution >= 0.6 is 0 Å². The van der Waals surface area contributed by atoms with Crippen molar-refractivity contribution in [2.45, 2.75) is 45.3 Å². The summed E-state index contributed by atoms with van der Waals surface area (Å²) < 4.78 is 1.96. The highest BCUT2D eigenvalue weighted by Gasteiger charge is 2.34. The van der Waals surface area contributed by atoms with Gasteiger partial charge in [0.1, 0.15) is 0 Å². The molecule has 2 fully saturated rings. The lowest BCUT2D eigenvalue weighted by molar-refractivity contribution is 0.314. The Labute approximate surface area is 168 Å². The fraction of sp³-hybridized carbons (Fsp3) is 0.545. The summed E-state index contributed by atoms with van der Waals surface area (Å²) in [7, 11) is 0. The molecule has 1 saturated heterocycles. The molecule has 1 unspecified atom stereocenters. The van der Waals surface area contributed by atoms with Gasteiger partial charge in [0.15, 0.2) is 5.96 Å². The maximum absolute atomic E-state index is 4.85. The summed E-state index contributed by atoms with van der Waals surface area (Å²) in [6, 6.07) is 11.3. The number of nitrogens with one attached hydrogen (secondary N) is 2. The van der Waals surface area contributed by atoms with Crippen molar-refractivity contribution in [1.29, 1.82) is 0 Å². The quantitative estimate of drug-likeness (QED) is 0.546. The highest BCUT2D eigenvalue weighted by atomic mass is 15.3. The van der Waals surface area contributed by atoms with Crippen LogP contribution in [0.1, 0.15) is 37.3 Å². The molecule has 1 aromatic heterocycles. The zero-order valence-electron chi connectivity index (χ0n) is 16.8. The van der Waals surface area contributed by atoms with Gasteiger partial charge in [-0.2, -0.15) is 5.10 Å². The van der Waals surface area contributed by atoms with E-state index in [0.717, 1.165) is 37.6 Å². The van der Waals surface area contributed by atoms with Crippen LogP contribution < -0.4 is 10.6 Å². The van der Waals surface area contributed by atoms with Crippen molar-refractivity contribution in [3.8, 4) is 0 Å². The van der Waals surface area contributed by atoms with E-state index in [2.05, 4.69) is 51.8 Å². The fourth-order valence-electron chi connectivity index (χ4n) is 3.98. The number of nitrogens with zero attached hydrogens (tertiary/aromatic N) is 4. The van der Waals surface area contributed by atoms with E-state index < -0.39 is 0 Å². The monoisotopic (exact) mass is 380 g/mol. The second-order valence-corrected chi connectivity index (χ2v) is 7.93. The molecule has 1 aromatic carbocycles. The van der Waals surface area contributed by atoms with Gasteiger partial charge < -0.3 is 15.5 Å². The Morgan fingerprint density at radius 2 is 2.00 bits per heavy atom. The molecule has 0 spiro atoms. The molecule has 4 rings (SSSR count). The van der Waals surface area contributed by atoms with Crippen LogP contribution in [0.2, 0.25) is 0 Å². The minimum Gasteiger partial charge on any atom is -0.357 e. The number of hydrogen-bond acceptors (Lipinski definition) is 3. The smallest absolute Gasteiger partial charge is 0.191 e. The van der Waals surface area contributed by atoms with Crippen LogP contribution in [0.4, 0.5) is 0 Å². The molecule has 28 heavy (non-hydrogen) atoms. The number of guanidine groups is 1. The fourth-order valence-corrected chi connectivity index (χ4v) is 3.98. The predicted molar refractivity (Wildman–Crippen MR) is 113 cm³/mol. The molecule has 0 bridgehead atoms. The van der Waals surface area contributed by atoms with Gasteiger partial charge in [-0.25, -0.2) is 4.99 Å². The lowest BCUT2D eigenvalue weighted by Gasteiger charge is -2.17. The molecule has 1 aliphatic heterocycles. The first-order chi connectivity index (χ1) is 13.8. The van der Waals surface area contributed by atoms with Gasteiger partial charge in [-0.05, 0) is 55.8 Å². The van der Waals surface area contributed by atoms with Crippen molar-refractivity contribution >= 4 is 5.96 Å². The Morgan fingerprint density at radius 3 is 2.75 bits per heavy atom. The molecule has 6 heteroatoms. The Bertz CT molecular complexity index is 765. The largest absolute Gasteiger partial charge is 0.357 e. The minimum absolute atomic E-state index is 0.672. The topological polar surface area (TPSA) is 57.5 Å². The van der Waals surface area contributed by atoms with E-state index in [9.17, 15) is 0 Å². The summed E-state index contributed by atoms with van der Waals surface area (Å²) in [5, 5.41) is 11.3. The van der Waals surface area contributed by atoms with Gasteiger partial charge in [0.25, 0.3) is 0 Å². The Balaban J connectivity index is 1.34. The molecule has 6 nitrogen and oxygen atoms in total. The average molecular weight is 381 g/mol. The molecule has 0 amide bonds. The molecule has 0 radical (unpaired) electrons. The second-order valence-electron chi connectivity index (χ2n) is 7.93. The van der Waals surface area contributed by atoms with Crippen molar-refractivity contribution in [3.05, 3.63) is 53.9 Å². The summed E-state index contributed by atoms with van der Waals surface area (Å²) in [4.78, 5) is 7.52.